The van der Waals surface area contributed by atoms with Crippen molar-refractivity contribution in [3.8, 4) is 11.5 Å². The summed E-state index contributed by atoms with van der Waals surface area (Å²) < 4.78 is 37.4. The van der Waals surface area contributed by atoms with Gasteiger partial charge in [-0.3, -0.25) is 0 Å². The first-order valence-electron chi connectivity index (χ1n) is 6.44. The van der Waals surface area contributed by atoms with Crippen LogP contribution in [0.15, 0.2) is 36.4 Å². The number of halogens is 2. The highest BCUT2D eigenvalue weighted by Crippen LogP contribution is 2.27. The molecule has 2 aromatic rings. The Balaban J connectivity index is 2.18. The summed E-state index contributed by atoms with van der Waals surface area (Å²) >= 11 is 0. The zero-order chi connectivity index (χ0) is 15.4. The van der Waals surface area contributed by atoms with Gasteiger partial charge in [0.25, 0.3) is 0 Å². The molecule has 0 heterocycles. The summed E-state index contributed by atoms with van der Waals surface area (Å²) in [5.41, 5.74) is 0.766. The summed E-state index contributed by atoms with van der Waals surface area (Å²) in [6.45, 7) is 1.48. The van der Waals surface area contributed by atoms with Crippen LogP contribution in [0.2, 0.25) is 0 Å². The Morgan fingerprint density at radius 2 is 1.90 bits per heavy atom. The van der Waals surface area contributed by atoms with Gasteiger partial charge in [0.05, 0.1) is 13.2 Å². The molecule has 0 saturated carbocycles. The number of aliphatic hydroxyl groups is 1. The van der Waals surface area contributed by atoms with Crippen LogP contribution in [0.3, 0.4) is 0 Å². The molecule has 1 N–H and O–H groups in total. The van der Waals surface area contributed by atoms with Crippen LogP contribution in [-0.2, 0) is 6.61 Å². The lowest BCUT2D eigenvalue weighted by Gasteiger charge is -2.14. The summed E-state index contributed by atoms with van der Waals surface area (Å²) in [6.07, 6.45) is -0.804. The Bertz CT molecular complexity index is 627. The zero-order valence-corrected chi connectivity index (χ0v) is 11.8. The third kappa shape index (κ3) is 3.70. The standard InChI is InChI=1S/C16H16F2O3/c1-10(19)14-6-4-12(17)7-16(14)21-9-11-3-5-13(20-2)8-15(11)18/h3-8,10,19H,9H2,1-2H3/t10-/m0/s1. The lowest BCUT2D eigenvalue weighted by Crippen LogP contribution is -2.03. The molecule has 0 aliphatic carbocycles. The zero-order valence-electron chi connectivity index (χ0n) is 11.8. The van der Waals surface area contributed by atoms with E-state index in [0.717, 1.165) is 0 Å². The first-order chi connectivity index (χ1) is 10.0. The first kappa shape index (κ1) is 15.3. The minimum absolute atomic E-state index is 0.0704. The summed E-state index contributed by atoms with van der Waals surface area (Å²) in [5.74, 6) is -0.346. The van der Waals surface area contributed by atoms with E-state index in [9.17, 15) is 13.9 Å². The minimum Gasteiger partial charge on any atom is -0.497 e. The van der Waals surface area contributed by atoms with E-state index >= 15 is 0 Å². The number of ether oxygens (including phenoxy) is 2. The maximum atomic E-state index is 13.8. The summed E-state index contributed by atoms with van der Waals surface area (Å²) in [5, 5.41) is 9.62. The Hall–Kier alpha value is -2.14. The molecule has 5 heteroatoms. The largest absolute Gasteiger partial charge is 0.497 e. The van der Waals surface area contributed by atoms with Gasteiger partial charge in [-0.2, -0.15) is 0 Å². The van der Waals surface area contributed by atoms with Crippen LogP contribution < -0.4 is 9.47 Å². The quantitative estimate of drug-likeness (QED) is 0.915. The Morgan fingerprint density at radius 1 is 1.14 bits per heavy atom. The van der Waals surface area contributed by atoms with Crippen LogP contribution in [0.25, 0.3) is 0 Å². The van der Waals surface area contributed by atoms with Gasteiger partial charge in [0.2, 0.25) is 0 Å². The van der Waals surface area contributed by atoms with Gasteiger partial charge in [-0.1, -0.05) is 0 Å². The van der Waals surface area contributed by atoms with Crippen LogP contribution in [0.4, 0.5) is 8.78 Å². The molecule has 0 unspecified atom stereocenters. The van der Waals surface area contributed by atoms with E-state index in [1.165, 1.54) is 37.4 Å². The van der Waals surface area contributed by atoms with E-state index in [0.29, 0.717) is 16.9 Å². The second-order valence-electron chi connectivity index (χ2n) is 4.60. The third-order valence-electron chi connectivity index (χ3n) is 3.07. The smallest absolute Gasteiger partial charge is 0.133 e. The molecule has 0 spiro atoms. The maximum absolute atomic E-state index is 13.8. The number of rotatable bonds is 5. The normalized spacial score (nSPS) is 12.0. The minimum atomic E-state index is -0.804. The SMILES string of the molecule is COc1ccc(COc2cc(F)ccc2[C@H](C)O)c(F)c1. The molecule has 3 nitrogen and oxygen atoms in total. The lowest BCUT2D eigenvalue weighted by molar-refractivity contribution is 0.189. The van der Waals surface area contributed by atoms with Crippen LogP contribution in [0.1, 0.15) is 24.2 Å². The van der Waals surface area contributed by atoms with Crippen molar-refractivity contribution in [2.24, 2.45) is 0 Å². The van der Waals surface area contributed by atoms with E-state index in [1.54, 1.807) is 13.0 Å². The van der Waals surface area contributed by atoms with Crippen LogP contribution in [0.5, 0.6) is 11.5 Å². The van der Waals surface area contributed by atoms with Gasteiger partial charge in [-0.25, -0.2) is 8.78 Å². The molecule has 0 aliphatic heterocycles. The van der Waals surface area contributed by atoms with Crippen molar-refractivity contribution in [3.63, 3.8) is 0 Å². The predicted octanol–water partition coefficient (Wildman–Crippen LogP) is 3.61. The van der Waals surface area contributed by atoms with Gasteiger partial charge in [0.15, 0.2) is 0 Å². The van der Waals surface area contributed by atoms with E-state index in [4.69, 9.17) is 9.47 Å². The fourth-order valence-corrected chi connectivity index (χ4v) is 1.91. The fraction of sp³-hybridized carbons (Fsp3) is 0.250. The van der Waals surface area contributed by atoms with Gasteiger partial charge in [0.1, 0.15) is 29.7 Å². The molecule has 21 heavy (non-hydrogen) atoms. The van der Waals surface area contributed by atoms with Crippen molar-refractivity contribution in [1.29, 1.82) is 0 Å². The third-order valence-corrected chi connectivity index (χ3v) is 3.07. The molecule has 0 bridgehead atoms. The second-order valence-corrected chi connectivity index (χ2v) is 4.60. The number of aliphatic hydroxyl groups excluding tert-OH is 1. The predicted molar refractivity (Wildman–Crippen MR) is 74.3 cm³/mol. The van der Waals surface area contributed by atoms with Crippen molar-refractivity contribution in [3.05, 3.63) is 59.2 Å². The topological polar surface area (TPSA) is 38.7 Å². The average molecular weight is 294 g/mol. The second kappa shape index (κ2) is 6.54. The van der Waals surface area contributed by atoms with Crippen molar-refractivity contribution in [2.45, 2.75) is 19.6 Å². The van der Waals surface area contributed by atoms with Gasteiger partial charge in [0, 0.05) is 23.3 Å². The molecular formula is C16H16F2O3. The molecule has 112 valence electrons. The van der Waals surface area contributed by atoms with E-state index in [-0.39, 0.29) is 12.4 Å². The fourth-order valence-electron chi connectivity index (χ4n) is 1.91. The van der Waals surface area contributed by atoms with Gasteiger partial charge in [-0.15, -0.1) is 0 Å². The Kier molecular flexibility index (Phi) is 4.75. The molecule has 0 amide bonds. The summed E-state index contributed by atoms with van der Waals surface area (Å²) in [4.78, 5) is 0. The number of hydrogen-bond acceptors (Lipinski definition) is 3. The maximum Gasteiger partial charge on any atom is 0.133 e. The molecule has 0 aliphatic rings. The van der Waals surface area contributed by atoms with Gasteiger partial charge < -0.3 is 14.6 Å². The summed E-state index contributed by atoms with van der Waals surface area (Å²) in [6, 6.07) is 8.25. The van der Waals surface area contributed by atoms with E-state index < -0.39 is 17.7 Å². The number of methoxy groups -OCH3 is 1. The highest BCUT2D eigenvalue weighted by molar-refractivity contribution is 5.36. The molecule has 0 saturated heterocycles. The van der Waals surface area contributed by atoms with Gasteiger partial charge >= 0.3 is 0 Å². The highest BCUT2D eigenvalue weighted by Gasteiger charge is 2.12. The van der Waals surface area contributed by atoms with Crippen molar-refractivity contribution >= 4 is 0 Å². The number of hydrogen-bond donors (Lipinski definition) is 1. The van der Waals surface area contributed by atoms with Crippen LogP contribution in [0, 0.1) is 11.6 Å². The Morgan fingerprint density at radius 3 is 2.52 bits per heavy atom. The van der Waals surface area contributed by atoms with Crippen LogP contribution >= 0.6 is 0 Å². The first-order valence-corrected chi connectivity index (χ1v) is 6.44. The van der Waals surface area contributed by atoms with E-state index in [1.807, 2.05) is 0 Å². The highest BCUT2D eigenvalue weighted by atomic mass is 19.1. The molecule has 0 aromatic heterocycles. The monoisotopic (exact) mass is 294 g/mol. The van der Waals surface area contributed by atoms with E-state index in [2.05, 4.69) is 0 Å². The number of benzene rings is 2. The Labute approximate surface area is 121 Å². The molecule has 2 aromatic carbocycles. The van der Waals surface area contributed by atoms with Crippen molar-refractivity contribution in [2.75, 3.05) is 7.11 Å². The molecule has 2 rings (SSSR count). The van der Waals surface area contributed by atoms with Crippen molar-refractivity contribution in [1.82, 2.24) is 0 Å². The van der Waals surface area contributed by atoms with Crippen molar-refractivity contribution < 1.29 is 23.4 Å². The van der Waals surface area contributed by atoms with Crippen LogP contribution in [-0.4, -0.2) is 12.2 Å². The lowest BCUT2D eigenvalue weighted by atomic mass is 10.1. The average Bonchev–Trinajstić information content (AvgIpc) is 2.45. The van der Waals surface area contributed by atoms with Gasteiger partial charge in [-0.05, 0) is 31.2 Å². The molecule has 1 atom stereocenters. The molecule has 0 fully saturated rings. The molecule has 0 radical (unpaired) electrons. The molecular weight excluding hydrogens is 278 g/mol. The summed E-state index contributed by atoms with van der Waals surface area (Å²) in [7, 11) is 1.45.